The second kappa shape index (κ2) is 9.22. The number of carboxylic acid groups (broad SMARTS) is 1. The van der Waals surface area contributed by atoms with Crippen LogP contribution in [-0.4, -0.2) is 58.2 Å². The zero-order valence-electron chi connectivity index (χ0n) is 16.9. The summed E-state index contributed by atoms with van der Waals surface area (Å²) in [6, 6.07) is 7.19. The molecule has 6 nitrogen and oxygen atoms in total. The van der Waals surface area contributed by atoms with Crippen LogP contribution in [0.1, 0.15) is 62.9 Å². The van der Waals surface area contributed by atoms with Crippen LogP contribution in [0.15, 0.2) is 24.3 Å². The number of hydrogen-bond acceptors (Lipinski definition) is 4. The second-order valence-corrected chi connectivity index (χ2v) is 8.21. The van der Waals surface area contributed by atoms with E-state index in [4.69, 9.17) is 4.74 Å². The third-order valence-electron chi connectivity index (χ3n) is 4.67. The van der Waals surface area contributed by atoms with Crippen LogP contribution in [0.3, 0.4) is 0 Å². The van der Waals surface area contributed by atoms with E-state index in [1.807, 2.05) is 31.7 Å². The molecule has 1 N–H and O–H groups in total. The predicted octanol–water partition coefficient (Wildman–Crippen LogP) is 4.00. The van der Waals surface area contributed by atoms with Gasteiger partial charge >= 0.3 is 12.1 Å². The molecule has 1 fully saturated rings. The van der Waals surface area contributed by atoms with E-state index in [0.29, 0.717) is 18.7 Å². The van der Waals surface area contributed by atoms with Gasteiger partial charge in [-0.2, -0.15) is 0 Å². The van der Waals surface area contributed by atoms with Gasteiger partial charge in [0.2, 0.25) is 0 Å². The molecule has 6 heteroatoms. The van der Waals surface area contributed by atoms with Crippen molar-refractivity contribution in [3.63, 3.8) is 0 Å². The Hall–Kier alpha value is -2.08. The fraction of sp³-hybridized carbons (Fsp3) is 0.619. The van der Waals surface area contributed by atoms with Gasteiger partial charge in [-0.25, -0.2) is 9.59 Å². The van der Waals surface area contributed by atoms with E-state index in [0.717, 1.165) is 37.9 Å². The van der Waals surface area contributed by atoms with Crippen molar-refractivity contribution in [3.8, 4) is 0 Å². The van der Waals surface area contributed by atoms with Gasteiger partial charge in [-0.05, 0) is 44.9 Å². The molecule has 150 valence electrons. The van der Waals surface area contributed by atoms with Crippen LogP contribution in [0, 0.1) is 0 Å². The Balaban J connectivity index is 2.05. The lowest BCUT2D eigenvalue weighted by atomic mass is 10.0. The van der Waals surface area contributed by atoms with Crippen molar-refractivity contribution >= 4 is 12.1 Å². The number of rotatable bonds is 6. The highest BCUT2D eigenvalue weighted by molar-refractivity contribution is 5.87. The Morgan fingerprint density at radius 2 is 2.00 bits per heavy atom. The molecular weight excluding hydrogens is 344 g/mol. The van der Waals surface area contributed by atoms with Crippen molar-refractivity contribution in [2.75, 3.05) is 19.6 Å². The van der Waals surface area contributed by atoms with Crippen LogP contribution in [0.5, 0.6) is 0 Å². The summed E-state index contributed by atoms with van der Waals surface area (Å²) in [7, 11) is 0. The molecule has 1 aromatic carbocycles. The second-order valence-electron chi connectivity index (χ2n) is 8.21. The number of benzene rings is 1. The lowest BCUT2D eigenvalue weighted by Gasteiger charge is -2.42. The summed E-state index contributed by atoms with van der Waals surface area (Å²) in [6.07, 6.45) is 2.85. The number of nitrogens with zero attached hydrogens (tertiary/aromatic N) is 2. The zero-order valence-corrected chi connectivity index (χ0v) is 16.9. The molecule has 0 saturated carbocycles. The molecule has 0 radical (unpaired) electrons. The summed E-state index contributed by atoms with van der Waals surface area (Å²) in [6.45, 7) is 10.6. The molecule has 0 aliphatic carbocycles. The van der Waals surface area contributed by atoms with E-state index in [2.05, 4.69) is 11.8 Å². The van der Waals surface area contributed by atoms with Crippen molar-refractivity contribution < 1.29 is 19.4 Å². The Kier molecular flexibility index (Phi) is 7.25. The number of unbranched alkanes of at least 4 members (excludes halogenated alkanes) is 1. The number of carbonyl (C=O) groups is 2. The van der Waals surface area contributed by atoms with Gasteiger partial charge in [-0.15, -0.1) is 0 Å². The molecule has 0 spiro atoms. The molecule has 1 saturated heterocycles. The van der Waals surface area contributed by atoms with Crippen molar-refractivity contribution in [2.45, 2.75) is 65.1 Å². The normalized spacial score (nSPS) is 18.4. The van der Waals surface area contributed by atoms with Crippen LogP contribution in [0.2, 0.25) is 0 Å². The van der Waals surface area contributed by atoms with Gasteiger partial charge in [0.1, 0.15) is 5.60 Å². The molecule has 1 amide bonds. The predicted molar refractivity (Wildman–Crippen MR) is 105 cm³/mol. The minimum absolute atomic E-state index is 0.121. The van der Waals surface area contributed by atoms with Crippen LogP contribution in [-0.2, 0) is 11.3 Å². The number of piperazine rings is 1. The molecule has 1 aromatic rings. The zero-order chi connectivity index (χ0) is 20.0. The van der Waals surface area contributed by atoms with Crippen molar-refractivity contribution in [1.29, 1.82) is 0 Å². The maximum Gasteiger partial charge on any atom is 0.410 e. The molecule has 1 heterocycles. The Morgan fingerprint density at radius 1 is 1.26 bits per heavy atom. The average Bonchev–Trinajstić information content (AvgIpc) is 2.58. The van der Waals surface area contributed by atoms with Gasteiger partial charge in [-0.1, -0.05) is 31.9 Å². The smallest absolute Gasteiger partial charge is 0.410 e. The van der Waals surface area contributed by atoms with Crippen LogP contribution in [0.4, 0.5) is 4.79 Å². The Morgan fingerprint density at radius 3 is 2.63 bits per heavy atom. The van der Waals surface area contributed by atoms with Gasteiger partial charge in [0, 0.05) is 32.2 Å². The number of carbonyl (C=O) groups excluding carboxylic acids is 1. The lowest BCUT2D eigenvalue weighted by Crippen LogP contribution is -2.55. The quantitative estimate of drug-likeness (QED) is 0.813. The maximum absolute atomic E-state index is 12.6. The largest absolute Gasteiger partial charge is 0.478 e. The highest BCUT2D eigenvalue weighted by Crippen LogP contribution is 2.21. The first-order valence-electron chi connectivity index (χ1n) is 9.74. The van der Waals surface area contributed by atoms with Crippen LogP contribution < -0.4 is 0 Å². The standard InChI is InChI=1S/C21H32N2O4/c1-5-6-10-18-15-22(11-12-23(18)20(26)27-21(2,3)4)14-16-8-7-9-17(13-16)19(24)25/h7-9,13,18H,5-6,10-12,14-15H2,1-4H3,(H,24,25). The molecule has 1 atom stereocenters. The lowest BCUT2D eigenvalue weighted by molar-refractivity contribution is -0.00412. The molecule has 2 rings (SSSR count). The van der Waals surface area contributed by atoms with Gasteiger partial charge in [-0.3, -0.25) is 4.90 Å². The highest BCUT2D eigenvalue weighted by Gasteiger charge is 2.32. The van der Waals surface area contributed by atoms with Crippen molar-refractivity contribution in [2.24, 2.45) is 0 Å². The fourth-order valence-electron chi connectivity index (χ4n) is 3.37. The maximum atomic E-state index is 12.6. The first kappa shape index (κ1) is 21.2. The third-order valence-corrected chi connectivity index (χ3v) is 4.67. The number of aromatic carboxylic acids is 1. The average molecular weight is 376 g/mol. The topological polar surface area (TPSA) is 70.1 Å². The van der Waals surface area contributed by atoms with Gasteiger partial charge in [0.15, 0.2) is 0 Å². The van der Waals surface area contributed by atoms with Crippen molar-refractivity contribution in [1.82, 2.24) is 9.80 Å². The molecule has 1 unspecified atom stereocenters. The number of ether oxygens (including phenoxy) is 1. The van der Waals surface area contributed by atoms with E-state index < -0.39 is 11.6 Å². The summed E-state index contributed by atoms with van der Waals surface area (Å²) in [5.74, 6) is -0.910. The number of amides is 1. The minimum atomic E-state index is -0.910. The monoisotopic (exact) mass is 376 g/mol. The van der Waals surface area contributed by atoms with E-state index in [-0.39, 0.29) is 12.1 Å². The first-order valence-corrected chi connectivity index (χ1v) is 9.74. The first-order chi connectivity index (χ1) is 12.7. The third kappa shape index (κ3) is 6.54. The fourth-order valence-corrected chi connectivity index (χ4v) is 3.37. The highest BCUT2D eigenvalue weighted by atomic mass is 16.6. The molecule has 1 aliphatic rings. The van der Waals surface area contributed by atoms with Crippen LogP contribution >= 0.6 is 0 Å². The van der Waals surface area contributed by atoms with Gasteiger partial charge < -0.3 is 14.7 Å². The molecule has 1 aliphatic heterocycles. The van der Waals surface area contributed by atoms with Crippen LogP contribution in [0.25, 0.3) is 0 Å². The molecular formula is C21H32N2O4. The van der Waals surface area contributed by atoms with E-state index >= 15 is 0 Å². The molecule has 0 aromatic heterocycles. The molecule has 27 heavy (non-hydrogen) atoms. The number of hydrogen-bond donors (Lipinski definition) is 1. The number of carboxylic acids is 1. The van der Waals surface area contributed by atoms with E-state index in [1.54, 1.807) is 18.2 Å². The van der Waals surface area contributed by atoms with Gasteiger partial charge in [0.25, 0.3) is 0 Å². The minimum Gasteiger partial charge on any atom is -0.478 e. The summed E-state index contributed by atoms with van der Waals surface area (Å²) < 4.78 is 5.59. The van der Waals surface area contributed by atoms with E-state index in [1.165, 1.54) is 0 Å². The summed E-state index contributed by atoms with van der Waals surface area (Å²) in [5.41, 5.74) is 0.790. The summed E-state index contributed by atoms with van der Waals surface area (Å²) in [4.78, 5) is 27.9. The Labute approximate surface area is 162 Å². The van der Waals surface area contributed by atoms with Crippen molar-refractivity contribution in [3.05, 3.63) is 35.4 Å². The van der Waals surface area contributed by atoms with Gasteiger partial charge in [0.05, 0.1) is 5.56 Å². The Bertz CT molecular complexity index is 654. The summed E-state index contributed by atoms with van der Waals surface area (Å²) >= 11 is 0. The van der Waals surface area contributed by atoms with E-state index in [9.17, 15) is 14.7 Å². The SMILES string of the molecule is CCCCC1CN(Cc2cccc(C(=O)O)c2)CCN1C(=O)OC(C)(C)C. The molecule has 0 bridgehead atoms. The summed E-state index contributed by atoms with van der Waals surface area (Å²) in [5, 5.41) is 9.17.